The Bertz CT molecular complexity index is 718. The van der Waals surface area contributed by atoms with Gasteiger partial charge >= 0.3 is 0 Å². The molecular formula is C18H20N2O. The van der Waals surface area contributed by atoms with Crippen molar-refractivity contribution >= 4 is 11.0 Å². The van der Waals surface area contributed by atoms with Crippen molar-refractivity contribution in [3.05, 3.63) is 58.9 Å². The second kappa shape index (κ2) is 5.60. The molecule has 3 aromatic rings. The third-order valence-electron chi connectivity index (χ3n) is 3.85. The minimum atomic E-state index is 0.457. The number of fused-ring (bicyclic) bond motifs is 1. The zero-order valence-corrected chi connectivity index (χ0v) is 12.7. The lowest BCUT2D eigenvalue weighted by atomic mass is 10.1. The molecule has 0 aliphatic heterocycles. The highest BCUT2D eigenvalue weighted by atomic mass is 16.5. The van der Waals surface area contributed by atoms with Gasteiger partial charge in [-0.1, -0.05) is 19.1 Å². The Balaban J connectivity index is 1.75. The van der Waals surface area contributed by atoms with Gasteiger partial charge in [-0.25, -0.2) is 4.98 Å². The van der Waals surface area contributed by atoms with Gasteiger partial charge in [0.15, 0.2) is 0 Å². The van der Waals surface area contributed by atoms with Gasteiger partial charge in [0.1, 0.15) is 18.2 Å². The molecule has 0 saturated carbocycles. The van der Waals surface area contributed by atoms with E-state index >= 15 is 0 Å². The second-order valence-corrected chi connectivity index (χ2v) is 5.42. The van der Waals surface area contributed by atoms with E-state index < -0.39 is 0 Å². The maximum atomic E-state index is 5.79. The molecule has 108 valence electrons. The van der Waals surface area contributed by atoms with Crippen LogP contribution < -0.4 is 4.74 Å². The molecule has 3 heteroatoms. The summed E-state index contributed by atoms with van der Waals surface area (Å²) in [6.07, 6.45) is 1.04. The molecule has 1 aromatic heterocycles. The number of aryl methyl sites for hydroxylation is 3. The molecule has 0 atom stereocenters. The molecule has 2 aromatic carbocycles. The fraction of sp³-hybridized carbons (Fsp3) is 0.278. The molecule has 1 heterocycles. The quantitative estimate of drug-likeness (QED) is 0.772. The number of hydrogen-bond donors (Lipinski definition) is 1. The smallest absolute Gasteiger partial charge is 0.146 e. The molecule has 0 amide bonds. The maximum absolute atomic E-state index is 5.79. The van der Waals surface area contributed by atoms with Crippen LogP contribution in [-0.2, 0) is 13.0 Å². The number of nitrogens with one attached hydrogen (secondary N) is 1. The fourth-order valence-electron chi connectivity index (χ4n) is 2.36. The lowest BCUT2D eigenvalue weighted by Crippen LogP contribution is -1.97. The normalized spacial score (nSPS) is 11.0. The molecule has 0 saturated heterocycles. The third kappa shape index (κ3) is 2.92. The summed E-state index contributed by atoms with van der Waals surface area (Å²) >= 11 is 0. The first kappa shape index (κ1) is 13.7. The topological polar surface area (TPSA) is 37.9 Å². The Hall–Kier alpha value is -2.29. The molecule has 0 aliphatic rings. The monoisotopic (exact) mass is 280 g/mol. The zero-order valence-electron chi connectivity index (χ0n) is 12.7. The Morgan fingerprint density at radius 3 is 2.48 bits per heavy atom. The highest BCUT2D eigenvalue weighted by Crippen LogP contribution is 2.19. The van der Waals surface area contributed by atoms with Gasteiger partial charge in [0, 0.05) is 0 Å². The number of H-pyrrole nitrogens is 1. The van der Waals surface area contributed by atoms with E-state index in [0.29, 0.717) is 6.61 Å². The van der Waals surface area contributed by atoms with E-state index in [1.807, 2.05) is 12.1 Å². The van der Waals surface area contributed by atoms with Gasteiger partial charge in [0.2, 0.25) is 0 Å². The zero-order chi connectivity index (χ0) is 14.8. The van der Waals surface area contributed by atoms with E-state index in [-0.39, 0.29) is 0 Å². The average Bonchev–Trinajstić information content (AvgIpc) is 2.88. The summed E-state index contributed by atoms with van der Waals surface area (Å²) in [5.41, 5.74) is 5.92. The van der Waals surface area contributed by atoms with Crippen molar-refractivity contribution in [2.75, 3.05) is 0 Å². The van der Waals surface area contributed by atoms with Crippen molar-refractivity contribution < 1.29 is 4.74 Å². The van der Waals surface area contributed by atoms with E-state index in [2.05, 4.69) is 55.0 Å². The van der Waals surface area contributed by atoms with Gasteiger partial charge in [-0.15, -0.1) is 0 Å². The van der Waals surface area contributed by atoms with Crippen LogP contribution in [0, 0.1) is 13.8 Å². The van der Waals surface area contributed by atoms with Crippen LogP contribution in [-0.4, -0.2) is 9.97 Å². The van der Waals surface area contributed by atoms with Crippen molar-refractivity contribution in [3.63, 3.8) is 0 Å². The predicted octanol–water partition coefficient (Wildman–Crippen LogP) is 4.32. The van der Waals surface area contributed by atoms with Gasteiger partial charge in [-0.3, -0.25) is 0 Å². The van der Waals surface area contributed by atoms with Crippen LogP contribution >= 0.6 is 0 Å². The lowest BCUT2D eigenvalue weighted by Gasteiger charge is -2.04. The number of benzene rings is 2. The molecule has 0 spiro atoms. The van der Waals surface area contributed by atoms with Crippen LogP contribution in [0.15, 0.2) is 36.4 Å². The van der Waals surface area contributed by atoms with Crippen LogP contribution in [0.2, 0.25) is 0 Å². The van der Waals surface area contributed by atoms with Crippen LogP contribution in [0.4, 0.5) is 0 Å². The molecule has 0 unspecified atom stereocenters. The molecular weight excluding hydrogens is 260 g/mol. The number of aromatic amines is 1. The summed E-state index contributed by atoms with van der Waals surface area (Å²) in [5, 5.41) is 0. The summed E-state index contributed by atoms with van der Waals surface area (Å²) in [6.45, 7) is 6.82. The SMILES string of the molecule is CCc1ccc(OCc2nc3cc(C)c(C)cc3[nH]2)cc1. The molecule has 3 rings (SSSR count). The van der Waals surface area contributed by atoms with E-state index in [1.54, 1.807) is 0 Å². The predicted molar refractivity (Wildman–Crippen MR) is 85.7 cm³/mol. The van der Waals surface area contributed by atoms with Crippen LogP contribution in [0.3, 0.4) is 0 Å². The van der Waals surface area contributed by atoms with Gasteiger partial charge in [-0.2, -0.15) is 0 Å². The number of nitrogens with zero attached hydrogens (tertiary/aromatic N) is 1. The first-order valence-electron chi connectivity index (χ1n) is 7.33. The Morgan fingerprint density at radius 1 is 1.05 bits per heavy atom. The summed E-state index contributed by atoms with van der Waals surface area (Å²) in [7, 11) is 0. The molecule has 0 radical (unpaired) electrons. The second-order valence-electron chi connectivity index (χ2n) is 5.42. The highest BCUT2D eigenvalue weighted by Gasteiger charge is 2.05. The fourth-order valence-corrected chi connectivity index (χ4v) is 2.36. The molecule has 0 fully saturated rings. The van der Waals surface area contributed by atoms with Crippen LogP contribution in [0.25, 0.3) is 11.0 Å². The summed E-state index contributed by atoms with van der Waals surface area (Å²) in [5.74, 6) is 1.73. The van der Waals surface area contributed by atoms with Crippen molar-refractivity contribution in [1.29, 1.82) is 0 Å². The molecule has 0 bridgehead atoms. The molecule has 1 N–H and O–H groups in total. The Labute approximate surface area is 125 Å². The van der Waals surface area contributed by atoms with Gasteiger partial charge < -0.3 is 9.72 Å². The third-order valence-corrected chi connectivity index (χ3v) is 3.85. The van der Waals surface area contributed by atoms with E-state index in [4.69, 9.17) is 4.74 Å². The summed E-state index contributed by atoms with van der Waals surface area (Å²) in [6, 6.07) is 12.5. The molecule has 21 heavy (non-hydrogen) atoms. The van der Waals surface area contributed by atoms with E-state index in [1.165, 1.54) is 16.7 Å². The number of hydrogen-bond acceptors (Lipinski definition) is 2. The van der Waals surface area contributed by atoms with Crippen molar-refractivity contribution in [1.82, 2.24) is 9.97 Å². The minimum absolute atomic E-state index is 0.457. The standard InChI is InChI=1S/C18H20N2O/c1-4-14-5-7-15(8-6-14)21-11-18-19-16-9-12(2)13(3)10-17(16)20-18/h5-10H,4,11H2,1-3H3,(H,19,20). The first-order valence-corrected chi connectivity index (χ1v) is 7.33. The number of imidazole rings is 1. The van der Waals surface area contributed by atoms with E-state index in [0.717, 1.165) is 29.0 Å². The number of aromatic nitrogens is 2. The van der Waals surface area contributed by atoms with Crippen molar-refractivity contribution in [2.45, 2.75) is 33.8 Å². The average molecular weight is 280 g/mol. The minimum Gasteiger partial charge on any atom is -0.486 e. The molecule has 3 nitrogen and oxygen atoms in total. The van der Waals surface area contributed by atoms with Gasteiger partial charge in [0.05, 0.1) is 11.0 Å². The first-order chi connectivity index (χ1) is 10.2. The number of ether oxygens (including phenoxy) is 1. The van der Waals surface area contributed by atoms with Gasteiger partial charge in [0.25, 0.3) is 0 Å². The number of rotatable bonds is 4. The maximum Gasteiger partial charge on any atom is 0.146 e. The van der Waals surface area contributed by atoms with Crippen molar-refractivity contribution in [2.24, 2.45) is 0 Å². The van der Waals surface area contributed by atoms with E-state index in [9.17, 15) is 0 Å². The Kier molecular flexibility index (Phi) is 3.65. The van der Waals surface area contributed by atoms with Crippen molar-refractivity contribution in [3.8, 4) is 5.75 Å². The largest absolute Gasteiger partial charge is 0.486 e. The summed E-state index contributed by atoms with van der Waals surface area (Å²) in [4.78, 5) is 7.90. The summed E-state index contributed by atoms with van der Waals surface area (Å²) < 4.78 is 5.79. The Morgan fingerprint density at radius 2 is 1.76 bits per heavy atom. The molecule has 0 aliphatic carbocycles. The van der Waals surface area contributed by atoms with Crippen LogP contribution in [0.1, 0.15) is 29.4 Å². The van der Waals surface area contributed by atoms with Gasteiger partial charge in [-0.05, 0) is 61.2 Å². The van der Waals surface area contributed by atoms with Crippen LogP contribution in [0.5, 0.6) is 5.75 Å². The highest BCUT2D eigenvalue weighted by molar-refractivity contribution is 5.77. The lowest BCUT2D eigenvalue weighted by molar-refractivity contribution is 0.297.